The van der Waals surface area contributed by atoms with Gasteiger partial charge in [-0.05, 0) is 24.3 Å². The molecule has 0 amide bonds. The quantitative estimate of drug-likeness (QED) is 0.772. The van der Waals surface area contributed by atoms with E-state index in [2.05, 4.69) is 15.3 Å². The van der Waals surface area contributed by atoms with Crippen molar-refractivity contribution >= 4 is 23.0 Å². The summed E-state index contributed by atoms with van der Waals surface area (Å²) in [6.07, 6.45) is 1.55. The first-order valence-electron chi connectivity index (χ1n) is 7.29. The predicted octanol–water partition coefficient (Wildman–Crippen LogP) is 4.00. The number of hydrogen-bond acceptors (Lipinski definition) is 5. The van der Waals surface area contributed by atoms with Crippen molar-refractivity contribution in [2.45, 2.75) is 0 Å². The van der Waals surface area contributed by atoms with Crippen molar-refractivity contribution in [1.29, 1.82) is 0 Å². The highest BCUT2D eigenvalue weighted by atomic mass is 16.5. The van der Waals surface area contributed by atoms with Gasteiger partial charge in [0.15, 0.2) is 0 Å². The summed E-state index contributed by atoms with van der Waals surface area (Å²) in [5, 5.41) is 3.27. The maximum Gasteiger partial charge on any atom is 0.142 e. The zero-order chi connectivity index (χ0) is 16.1. The van der Waals surface area contributed by atoms with E-state index in [0.717, 1.165) is 22.9 Å². The van der Waals surface area contributed by atoms with Crippen LogP contribution in [0, 0.1) is 0 Å². The Morgan fingerprint density at radius 1 is 0.957 bits per heavy atom. The van der Waals surface area contributed by atoms with E-state index in [4.69, 9.17) is 4.74 Å². The number of para-hydroxylation sites is 3. The van der Waals surface area contributed by atoms with Gasteiger partial charge >= 0.3 is 0 Å². The molecule has 0 aliphatic carbocycles. The molecule has 0 saturated carbocycles. The lowest BCUT2D eigenvalue weighted by Crippen LogP contribution is -2.11. The minimum atomic E-state index is 0.710. The summed E-state index contributed by atoms with van der Waals surface area (Å²) in [5.74, 6) is 2.29. The second kappa shape index (κ2) is 6.79. The first-order valence-corrected chi connectivity index (χ1v) is 7.29. The van der Waals surface area contributed by atoms with Crippen LogP contribution in [0.4, 0.5) is 23.0 Å². The van der Waals surface area contributed by atoms with Crippen molar-refractivity contribution in [2.24, 2.45) is 0 Å². The molecule has 0 fully saturated rings. The maximum absolute atomic E-state index is 5.35. The van der Waals surface area contributed by atoms with E-state index in [1.807, 2.05) is 72.6 Å². The molecule has 0 unspecified atom stereocenters. The second-order valence-electron chi connectivity index (χ2n) is 4.98. The van der Waals surface area contributed by atoms with Gasteiger partial charge in [-0.1, -0.05) is 30.3 Å². The predicted molar refractivity (Wildman–Crippen MR) is 92.8 cm³/mol. The molecule has 3 rings (SSSR count). The normalized spacial score (nSPS) is 10.2. The Morgan fingerprint density at radius 3 is 2.48 bits per heavy atom. The van der Waals surface area contributed by atoms with Gasteiger partial charge in [-0.25, -0.2) is 9.97 Å². The monoisotopic (exact) mass is 306 g/mol. The molecule has 2 aromatic carbocycles. The third-order valence-corrected chi connectivity index (χ3v) is 3.51. The molecule has 0 atom stereocenters. The number of hydrogen-bond donors (Lipinski definition) is 1. The Balaban J connectivity index is 1.85. The van der Waals surface area contributed by atoms with Gasteiger partial charge in [-0.15, -0.1) is 0 Å². The number of ether oxygens (including phenoxy) is 1. The van der Waals surface area contributed by atoms with Crippen LogP contribution in [-0.4, -0.2) is 24.1 Å². The molecule has 0 bridgehead atoms. The first-order chi connectivity index (χ1) is 11.3. The Morgan fingerprint density at radius 2 is 1.70 bits per heavy atom. The Bertz CT molecular complexity index is 777. The highest BCUT2D eigenvalue weighted by Crippen LogP contribution is 2.28. The first kappa shape index (κ1) is 14.8. The molecule has 5 nitrogen and oxygen atoms in total. The van der Waals surface area contributed by atoms with Crippen molar-refractivity contribution in [3.05, 3.63) is 67.0 Å². The van der Waals surface area contributed by atoms with Gasteiger partial charge in [0.25, 0.3) is 0 Å². The molecule has 0 radical (unpaired) electrons. The van der Waals surface area contributed by atoms with Crippen LogP contribution in [0.5, 0.6) is 5.75 Å². The smallest absolute Gasteiger partial charge is 0.142 e. The van der Waals surface area contributed by atoms with E-state index in [0.29, 0.717) is 5.82 Å². The van der Waals surface area contributed by atoms with Crippen molar-refractivity contribution in [3.8, 4) is 5.75 Å². The van der Waals surface area contributed by atoms with E-state index >= 15 is 0 Å². The van der Waals surface area contributed by atoms with Crippen LogP contribution in [-0.2, 0) is 0 Å². The molecule has 1 N–H and O–H groups in total. The summed E-state index contributed by atoms with van der Waals surface area (Å²) in [6.45, 7) is 0. The minimum absolute atomic E-state index is 0.710. The van der Waals surface area contributed by atoms with Crippen LogP contribution in [0.15, 0.2) is 67.0 Å². The van der Waals surface area contributed by atoms with Crippen molar-refractivity contribution in [3.63, 3.8) is 0 Å². The Labute approximate surface area is 135 Å². The molecular weight excluding hydrogens is 288 g/mol. The Hall–Kier alpha value is -3.08. The maximum atomic E-state index is 5.35. The Kier molecular flexibility index (Phi) is 4.38. The summed E-state index contributed by atoms with van der Waals surface area (Å²) in [7, 11) is 3.62. The van der Waals surface area contributed by atoms with Gasteiger partial charge in [-0.3, -0.25) is 0 Å². The zero-order valence-corrected chi connectivity index (χ0v) is 13.1. The van der Waals surface area contributed by atoms with Gasteiger partial charge in [-0.2, -0.15) is 0 Å². The number of anilines is 4. The van der Waals surface area contributed by atoms with Gasteiger partial charge in [0.2, 0.25) is 0 Å². The van der Waals surface area contributed by atoms with Crippen LogP contribution in [0.2, 0.25) is 0 Å². The molecule has 23 heavy (non-hydrogen) atoms. The third kappa shape index (κ3) is 3.40. The summed E-state index contributed by atoms with van der Waals surface area (Å²) in [6, 6.07) is 19.7. The molecule has 0 aliphatic heterocycles. The molecule has 1 aromatic heterocycles. The van der Waals surface area contributed by atoms with E-state index in [1.54, 1.807) is 13.4 Å². The van der Waals surface area contributed by atoms with Crippen molar-refractivity contribution in [2.75, 3.05) is 24.4 Å². The summed E-state index contributed by atoms with van der Waals surface area (Å²) in [5.41, 5.74) is 1.93. The van der Waals surface area contributed by atoms with Gasteiger partial charge in [0.05, 0.1) is 12.8 Å². The van der Waals surface area contributed by atoms with Gasteiger partial charge in [0.1, 0.15) is 23.7 Å². The minimum Gasteiger partial charge on any atom is -0.495 e. The highest BCUT2D eigenvalue weighted by Gasteiger charge is 2.08. The fourth-order valence-corrected chi connectivity index (χ4v) is 2.27. The summed E-state index contributed by atoms with van der Waals surface area (Å²) >= 11 is 0. The molecule has 116 valence electrons. The van der Waals surface area contributed by atoms with E-state index in [-0.39, 0.29) is 0 Å². The molecular formula is C18H18N4O. The topological polar surface area (TPSA) is 50.3 Å². The summed E-state index contributed by atoms with van der Waals surface area (Å²) < 4.78 is 5.35. The SMILES string of the molecule is COc1ccccc1Nc1cc(N(C)c2ccccc2)ncn1. The molecule has 0 saturated heterocycles. The van der Waals surface area contributed by atoms with E-state index in [1.165, 1.54) is 0 Å². The van der Waals surface area contributed by atoms with Crippen LogP contribution in [0.3, 0.4) is 0 Å². The largest absolute Gasteiger partial charge is 0.495 e. The van der Waals surface area contributed by atoms with Crippen LogP contribution in [0.25, 0.3) is 0 Å². The van der Waals surface area contributed by atoms with Crippen molar-refractivity contribution in [1.82, 2.24) is 9.97 Å². The number of rotatable bonds is 5. The molecule has 5 heteroatoms. The molecule has 3 aromatic rings. The second-order valence-corrected chi connectivity index (χ2v) is 4.98. The zero-order valence-electron chi connectivity index (χ0n) is 13.1. The van der Waals surface area contributed by atoms with E-state index < -0.39 is 0 Å². The fourth-order valence-electron chi connectivity index (χ4n) is 2.27. The number of aromatic nitrogens is 2. The molecule has 1 heterocycles. The average molecular weight is 306 g/mol. The van der Waals surface area contributed by atoms with E-state index in [9.17, 15) is 0 Å². The van der Waals surface area contributed by atoms with Gasteiger partial charge in [0, 0.05) is 18.8 Å². The van der Waals surface area contributed by atoms with Gasteiger partial charge < -0.3 is 15.0 Å². The standard InChI is InChI=1S/C18H18N4O/c1-22(14-8-4-3-5-9-14)18-12-17(19-13-20-18)21-15-10-6-7-11-16(15)23-2/h3-13H,1-2H3,(H,19,20,21). The number of benzene rings is 2. The number of nitrogens with one attached hydrogen (secondary N) is 1. The third-order valence-electron chi connectivity index (χ3n) is 3.51. The lowest BCUT2D eigenvalue weighted by Gasteiger charge is -2.19. The average Bonchev–Trinajstić information content (AvgIpc) is 2.62. The van der Waals surface area contributed by atoms with Crippen LogP contribution in [0.1, 0.15) is 0 Å². The number of nitrogens with zero attached hydrogens (tertiary/aromatic N) is 3. The van der Waals surface area contributed by atoms with Crippen LogP contribution >= 0.6 is 0 Å². The van der Waals surface area contributed by atoms with Crippen molar-refractivity contribution < 1.29 is 4.74 Å². The van der Waals surface area contributed by atoms with Crippen LogP contribution < -0.4 is 15.0 Å². The fraction of sp³-hybridized carbons (Fsp3) is 0.111. The lowest BCUT2D eigenvalue weighted by atomic mass is 10.3. The summed E-state index contributed by atoms with van der Waals surface area (Å²) in [4.78, 5) is 10.6. The molecule has 0 aliphatic rings. The lowest BCUT2D eigenvalue weighted by molar-refractivity contribution is 0.417. The molecule has 0 spiro atoms. The number of methoxy groups -OCH3 is 1. The highest BCUT2D eigenvalue weighted by molar-refractivity contribution is 5.67.